The number of hydrogen-bond donors (Lipinski definition) is 2. The molecule has 0 aliphatic heterocycles. The predicted octanol–water partition coefficient (Wildman–Crippen LogP) is 0.552. The minimum atomic E-state index is -0.972. The Balaban J connectivity index is 3.71. The number of carboxylic acid groups (broad SMARTS) is 1. The van der Waals surface area contributed by atoms with E-state index in [0.29, 0.717) is 0 Å². The molecule has 0 saturated carbocycles. The number of carbonyl (C=O) groups is 1. The van der Waals surface area contributed by atoms with Gasteiger partial charge < -0.3 is 10.4 Å². The molecule has 0 radical (unpaired) electrons. The fourth-order valence-corrected chi connectivity index (χ4v) is 0.739. The van der Waals surface area contributed by atoms with Gasteiger partial charge >= 0.3 is 6.09 Å². The molecule has 1 atom stereocenters. The zero-order valence-electron chi connectivity index (χ0n) is 6.59. The monoisotopic (exact) mass is 146 g/mol. The van der Waals surface area contributed by atoms with E-state index in [9.17, 15) is 4.79 Å². The molecular weight excluding hydrogens is 132 g/mol. The smallest absolute Gasteiger partial charge is 0.405 e. The van der Waals surface area contributed by atoms with Crippen molar-refractivity contribution >= 4 is 6.09 Å². The molecule has 0 aromatic rings. The first-order chi connectivity index (χ1) is 4.57. The van der Waals surface area contributed by atoms with Crippen LogP contribution in [-0.2, 0) is 0 Å². The summed E-state index contributed by atoms with van der Waals surface area (Å²) < 4.78 is 0. The lowest BCUT2D eigenvalue weighted by molar-refractivity contribution is 0.167. The first-order valence-electron chi connectivity index (χ1n) is 3.23. The first-order valence-corrected chi connectivity index (χ1v) is 3.23. The molecule has 0 rings (SSSR count). The van der Waals surface area contributed by atoms with Crippen molar-refractivity contribution < 1.29 is 9.90 Å². The second-order valence-electron chi connectivity index (χ2n) is 2.34. The van der Waals surface area contributed by atoms with E-state index in [1.165, 1.54) is 0 Å². The molecule has 4 heteroatoms. The van der Waals surface area contributed by atoms with Crippen LogP contribution in [0, 0.1) is 0 Å². The average molecular weight is 146 g/mol. The number of amides is 1. The fraction of sp³-hybridized carbons (Fsp3) is 0.833. The SMILES string of the molecule is CCC(NC(=O)O)N(C)C. The van der Waals surface area contributed by atoms with Crippen LogP contribution in [0.15, 0.2) is 0 Å². The van der Waals surface area contributed by atoms with Crippen LogP contribution in [0.5, 0.6) is 0 Å². The van der Waals surface area contributed by atoms with Gasteiger partial charge in [-0.3, -0.25) is 4.90 Å². The summed E-state index contributed by atoms with van der Waals surface area (Å²) in [6.07, 6.45) is -0.266. The van der Waals surface area contributed by atoms with E-state index in [1.54, 1.807) is 0 Å². The maximum absolute atomic E-state index is 10.1. The molecule has 0 saturated heterocycles. The third-order valence-electron chi connectivity index (χ3n) is 1.30. The molecule has 2 N–H and O–H groups in total. The van der Waals surface area contributed by atoms with E-state index in [1.807, 2.05) is 25.9 Å². The van der Waals surface area contributed by atoms with Crippen LogP contribution < -0.4 is 5.32 Å². The van der Waals surface area contributed by atoms with Crippen molar-refractivity contribution in [3.05, 3.63) is 0 Å². The van der Waals surface area contributed by atoms with E-state index < -0.39 is 6.09 Å². The summed E-state index contributed by atoms with van der Waals surface area (Å²) in [6.45, 7) is 1.93. The molecule has 0 spiro atoms. The molecule has 0 bridgehead atoms. The fourth-order valence-electron chi connectivity index (χ4n) is 0.739. The molecule has 0 aliphatic carbocycles. The summed E-state index contributed by atoms with van der Waals surface area (Å²) in [6, 6.07) is 0. The second kappa shape index (κ2) is 4.11. The average Bonchev–Trinajstić information content (AvgIpc) is 1.81. The van der Waals surface area contributed by atoms with Gasteiger partial charge in [0.2, 0.25) is 0 Å². The Morgan fingerprint density at radius 3 is 2.30 bits per heavy atom. The molecule has 10 heavy (non-hydrogen) atoms. The van der Waals surface area contributed by atoms with Gasteiger partial charge in [0.15, 0.2) is 0 Å². The van der Waals surface area contributed by atoms with Crippen molar-refractivity contribution in [3.8, 4) is 0 Å². The van der Waals surface area contributed by atoms with E-state index >= 15 is 0 Å². The normalized spacial score (nSPS) is 13.2. The van der Waals surface area contributed by atoms with Gasteiger partial charge in [-0.25, -0.2) is 4.79 Å². The van der Waals surface area contributed by atoms with Gasteiger partial charge in [0.25, 0.3) is 0 Å². The molecule has 0 aliphatic rings. The van der Waals surface area contributed by atoms with Crippen LogP contribution in [0.4, 0.5) is 4.79 Å². The van der Waals surface area contributed by atoms with Gasteiger partial charge in [0.1, 0.15) is 0 Å². The van der Waals surface area contributed by atoms with Gasteiger partial charge in [-0.05, 0) is 20.5 Å². The van der Waals surface area contributed by atoms with Crippen LogP contribution in [0.25, 0.3) is 0 Å². The van der Waals surface area contributed by atoms with E-state index in [-0.39, 0.29) is 6.17 Å². The standard InChI is InChI=1S/C6H14N2O2/c1-4-5(8(2)3)7-6(9)10/h5,7H,4H2,1-3H3,(H,9,10). The molecule has 60 valence electrons. The minimum absolute atomic E-state index is 0.0718. The number of rotatable bonds is 3. The van der Waals surface area contributed by atoms with Crippen LogP contribution in [0.3, 0.4) is 0 Å². The Morgan fingerprint density at radius 1 is 1.70 bits per heavy atom. The summed E-state index contributed by atoms with van der Waals surface area (Å²) in [5.74, 6) is 0. The maximum Gasteiger partial charge on any atom is 0.405 e. The molecule has 4 nitrogen and oxygen atoms in total. The van der Waals surface area contributed by atoms with Gasteiger partial charge in [-0.15, -0.1) is 0 Å². The Kier molecular flexibility index (Phi) is 3.79. The zero-order valence-corrected chi connectivity index (χ0v) is 6.59. The molecule has 0 aromatic heterocycles. The lowest BCUT2D eigenvalue weighted by Crippen LogP contribution is -2.43. The van der Waals surface area contributed by atoms with Gasteiger partial charge in [-0.1, -0.05) is 6.92 Å². The highest BCUT2D eigenvalue weighted by Gasteiger charge is 2.09. The van der Waals surface area contributed by atoms with Gasteiger partial charge in [0.05, 0.1) is 6.17 Å². The maximum atomic E-state index is 10.1. The van der Waals surface area contributed by atoms with Crippen molar-refractivity contribution in [1.82, 2.24) is 10.2 Å². The number of nitrogens with zero attached hydrogens (tertiary/aromatic N) is 1. The first kappa shape index (κ1) is 9.23. The highest BCUT2D eigenvalue weighted by atomic mass is 16.4. The second-order valence-corrected chi connectivity index (χ2v) is 2.34. The lowest BCUT2D eigenvalue weighted by atomic mass is 10.3. The van der Waals surface area contributed by atoms with Crippen LogP contribution >= 0.6 is 0 Å². The third kappa shape index (κ3) is 3.29. The number of hydrogen-bond acceptors (Lipinski definition) is 2. The quantitative estimate of drug-likeness (QED) is 0.572. The van der Waals surface area contributed by atoms with Crippen molar-refractivity contribution in [1.29, 1.82) is 0 Å². The van der Waals surface area contributed by atoms with E-state index in [2.05, 4.69) is 5.32 Å². The Morgan fingerprint density at radius 2 is 2.20 bits per heavy atom. The molecule has 1 unspecified atom stereocenters. The number of nitrogens with one attached hydrogen (secondary N) is 1. The summed E-state index contributed by atoms with van der Waals surface area (Å²) in [5.41, 5.74) is 0. The van der Waals surface area contributed by atoms with Crippen molar-refractivity contribution in [2.24, 2.45) is 0 Å². The molecule has 1 amide bonds. The molecule has 0 aromatic carbocycles. The highest BCUT2D eigenvalue weighted by molar-refractivity contribution is 5.64. The summed E-state index contributed by atoms with van der Waals surface area (Å²) in [7, 11) is 3.67. The Hall–Kier alpha value is -0.770. The van der Waals surface area contributed by atoms with Crippen molar-refractivity contribution in [3.63, 3.8) is 0 Å². The Bertz CT molecular complexity index is 114. The van der Waals surface area contributed by atoms with Crippen molar-refractivity contribution in [2.75, 3.05) is 14.1 Å². The summed E-state index contributed by atoms with van der Waals surface area (Å²) in [4.78, 5) is 12.0. The third-order valence-corrected chi connectivity index (χ3v) is 1.30. The molecular formula is C6H14N2O2. The summed E-state index contributed by atoms with van der Waals surface area (Å²) >= 11 is 0. The van der Waals surface area contributed by atoms with Gasteiger partial charge in [-0.2, -0.15) is 0 Å². The Labute approximate surface area is 60.8 Å². The minimum Gasteiger partial charge on any atom is -0.465 e. The molecule has 0 heterocycles. The molecule has 0 fully saturated rings. The largest absolute Gasteiger partial charge is 0.465 e. The summed E-state index contributed by atoms with van der Waals surface area (Å²) in [5, 5.41) is 10.7. The predicted molar refractivity (Wildman–Crippen MR) is 38.9 cm³/mol. The van der Waals surface area contributed by atoms with E-state index in [4.69, 9.17) is 5.11 Å². The van der Waals surface area contributed by atoms with Gasteiger partial charge in [0, 0.05) is 0 Å². The van der Waals surface area contributed by atoms with Crippen LogP contribution in [0.2, 0.25) is 0 Å². The van der Waals surface area contributed by atoms with Crippen LogP contribution in [0.1, 0.15) is 13.3 Å². The van der Waals surface area contributed by atoms with Crippen LogP contribution in [-0.4, -0.2) is 36.4 Å². The topological polar surface area (TPSA) is 52.6 Å². The zero-order chi connectivity index (χ0) is 8.15. The highest BCUT2D eigenvalue weighted by Crippen LogP contribution is 1.92. The lowest BCUT2D eigenvalue weighted by Gasteiger charge is -2.21. The van der Waals surface area contributed by atoms with Crippen molar-refractivity contribution in [2.45, 2.75) is 19.5 Å². The van der Waals surface area contributed by atoms with E-state index in [0.717, 1.165) is 6.42 Å².